The second-order valence-corrected chi connectivity index (χ2v) is 7.07. The number of aryl methyl sites for hydroxylation is 1. The molecule has 102 valence electrons. The topological polar surface area (TPSA) is 28.2 Å². The number of piperazine rings is 1. The van der Waals surface area contributed by atoms with Crippen molar-refractivity contribution in [2.24, 2.45) is 0 Å². The van der Waals surface area contributed by atoms with Crippen molar-refractivity contribution in [3.05, 3.63) is 16.1 Å². The van der Waals surface area contributed by atoms with Crippen molar-refractivity contribution >= 4 is 11.3 Å². The molecule has 1 aromatic rings. The summed E-state index contributed by atoms with van der Waals surface area (Å²) in [5, 5.41) is 4.93. The molecule has 18 heavy (non-hydrogen) atoms. The lowest BCUT2D eigenvalue weighted by atomic mass is 9.93. The van der Waals surface area contributed by atoms with E-state index in [1.54, 1.807) is 0 Å². The van der Waals surface area contributed by atoms with Crippen molar-refractivity contribution in [1.29, 1.82) is 0 Å². The summed E-state index contributed by atoms with van der Waals surface area (Å²) < 4.78 is 0. The average Bonchev–Trinajstić information content (AvgIpc) is 2.78. The summed E-state index contributed by atoms with van der Waals surface area (Å²) >= 11 is 1.83. The molecule has 4 heteroatoms. The Bertz CT molecular complexity index is 403. The standard InChI is InChI=1S/C14H25N3S/c1-6-14(5)9-17(10(2)7-16-14)12(4)13-15-8-11(3)18-13/h8,10,12,16H,6-7,9H2,1-5H3. The molecular weight excluding hydrogens is 242 g/mol. The van der Waals surface area contributed by atoms with Crippen molar-refractivity contribution in [2.75, 3.05) is 13.1 Å². The number of nitrogens with one attached hydrogen (secondary N) is 1. The number of nitrogens with zero attached hydrogens (tertiary/aromatic N) is 2. The molecule has 1 N–H and O–H groups in total. The Morgan fingerprint density at radius 1 is 1.67 bits per heavy atom. The van der Waals surface area contributed by atoms with Crippen LogP contribution in [0.15, 0.2) is 6.20 Å². The minimum absolute atomic E-state index is 0.243. The lowest BCUT2D eigenvalue weighted by Gasteiger charge is -2.47. The Hall–Kier alpha value is -0.450. The van der Waals surface area contributed by atoms with Crippen LogP contribution in [0.4, 0.5) is 0 Å². The zero-order valence-corrected chi connectivity index (χ0v) is 13.0. The maximum Gasteiger partial charge on any atom is 0.110 e. The second kappa shape index (κ2) is 5.27. The first kappa shape index (κ1) is 14.0. The number of rotatable bonds is 3. The molecule has 0 amide bonds. The van der Waals surface area contributed by atoms with Gasteiger partial charge < -0.3 is 5.32 Å². The lowest BCUT2D eigenvalue weighted by Crippen LogP contribution is -2.62. The summed E-state index contributed by atoms with van der Waals surface area (Å²) in [7, 11) is 0. The van der Waals surface area contributed by atoms with E-state index in [4.69, 9.17) is 0 Å². The molecule has 1 saturated heterocycles. The summed E-state index contributed by atoms with van der Waals surface area (Å²) in [6, 6.07) is 0.996. The SMILES string of the molecule is CCC1(C)CN(C(C)c2ncc(C)s2)C(C)CN1. The van der Waals surface area contributed by atoms with Crippen molar-refractivity contribution in [3.8, 4) is 0 Å². The van der Waals surface area contributed by atoms with E-state index in [1.807, 2.05) is 17.5 Å². The second-order valence-electron chi connectivity index (χ2n) is 5.80. The number of hydrogen-bond donors (Lipinski definition) is 1. The van der Waals surface area contributed by atoms with Crippen LogP contribution in [0.2, 0.25) is 0 Å². The predicted octanol–water partition coefficient (Wildman–Crippen LogP) is 2.97. The molecule has 0 aliphatic carbocycles. The number of thiazole rings is 1. The molecule has 1 fully saturated rings. The third kappa shape index (κ3) is 2.76. The van der Waals surface area contributed by atoms with Crippen LogP contribution in [0.3, 0.4) is 0 Å². The van der Waals surface area contributed by atoms with Crippen LogP contribution < -0.4 is 5.32 Å². The molecule has 1 aromatic heterocycles. The van der Waals surface area contributed by atoms with Crippen LogP contribution in [0.1, 0.15) is 50.0 Å². The predicted molar refractivity (Wildman–Crippen MR) is 78.1 cm³/mol. The number of hydrogen-bond acceptors (Lipinski definition) is 4. The highest BCUT2D eigenvalue weighted by atomic mass is 32.1. The number of aromatic nitrogens is 1. The van der Waals surface area contributed by atoms with Gasteiger partial charge in [0.25, 0.3) is 0 Å². The molecule has 0 saturated carbocycles. The molecule has 1 aliphatic heterocycles. The molecule has 3 nitrogen and oxygen atoms in total. The molecule has 1 aliphatic rings. The van der Waals surface area contributed by atoms with Crippen LogP contribution in [0.5, 0.6) is 0 Å². The van der Waals surface area contributed by atoms with Gasteiger partial charge in [-0.25, -0.2) is 4.98 Å². The molecule has 0 aromatic carbocycles. The van der Waals surface area contributed by atoms with Gasteiger partial charge in [0.05, 0.1) is 6.04 Å². The Labute approximate surface area is 115 Å². The molecule has 3 atom stereocenters. The summed E-state index contributed by atoms with van der Waals surface area (Å²) in [6.45, 7) is 13.5. The van der Waals surface area contributed by atoms with Gasteiger partial charge in [-0.15, -0.1) is 11.3 Å². The Kier molecular flexibility index (Phi) is 4.09. The minimum Gasteiger partial charge on any atom is -0.309 e. The molecule has 3 unspecified atom stereocenters. The van der Waals surface area contributed by atoms with Gasteiger partial charge in [0.2, 0.25) is 0 Å². The van der Waals surface area contributed by atoms with Crippen molar-refractivity contribution in [3.63, 3.8) is 0 Å². The molecule has 0 radical (unpaired) electrons. The zero-order valence-electron chi connectivity index (χ0n) is 12.2. The first-order chi connectivity index (χ1) is 8.45. The van der Waals surface area contributed by atoms with Crippen LogP contribution >= 0.6 is 11.3 Å². The van der Waals surface area contributed by atoms with Gasteiger partial charge in [-0.3, -0.25) is 4.90 Å². The van der Waals surface area contributed by atoms with E-state index in [1.165, 1.54) is 16.3 Å². The summed E-state index contributed by atoms with van der Waals surface area (Å²) in [5.74, 6) is 0. The first-order valence-corrected chi connectivity index (χ1v) is 7.70. The molecular formula is C14H25N3S. The lowest BCUT2D eigenvalue weighted by molar-refractivity contribution is 0.0596. The van der Waals surface area contributed by atoms with Crippen molar-refractivity contribution < 1.29 is 0 Å². The van der Waals surface area contributed by atoms with E-state index in [9.17, 15) is 0 Å². The van der Waals surface area contributed by atoms with Gasteiger partial charge in [0.1, 0.15) is 5.01 Å². The fourth-order valence-electron chi connectivity index (χ4n) is 2.59. The van der Waals surface area contributed by atoms with E-state index < -0.39 is 0 Å². The third-order valence-corrected chi connectivity index (χ3v) is 5.28. The van der Waals surface area contributed by atoms with Crippen LogP contribution in [0.25, 0.3) is 0 Å². The Balaban J connectivity index is 2.15. The Morgan fingerprint density at radius 3 is 2.94 bits per heavy atom. The van der Waals surface area contributed by atoms with Gasteiger partial charge in [0.15, 0.2) is 0 Å². The fourth-order valence-corrected chi connectivity index (χ4v) is 3.44. The first-order valence-electron chi connectivity index (χ1n) is 6.88. The smallest absolute Gasteiger partial charge is 0.110 e. The van der Waals surface area contributed by atoms with Crippen molar-refractivity contribution in [1.82, 2.24) is 15.2 Å². The van der Waals surface area contributed by atoms with Crippen molar-refractivity contribution in [2.45, 2.75) is 58.7 Å². The Morgan fingerprint density at radius 2 is 2.39 bits per heavy atom. The normalized spacial score (nSPS) is 31.5. The van der Waals surface area contributed by atoms with E-state index in [2.05, 4.69) is 49.8 Å². The summed E-state index contributed by atoms with van der Waals surface area (Å²) in [5.41, 5.74) is 0.243. The quantitative estimate of drug-likeness (QED) is 0.912. The van der Waals surface area contributed by atoms with Gasteiger partial charge in [-0.05, 0) is 34.1 Å². The molecule has 2 rings (SSSR count). The highest BCUT2D eigenvalue weighted by Gasteiger charge is 2.35. The van der Waals surface area contributed by atoms with E-state index >= 15 is 0 Å². The van der Waals surface area contributed by atoms with Gasteiger partial charge in [0, 0.05) is 35.7 Å². The summed E-state index contributed by atoms with van der Waals surface area (Å²) in [4.78, 5) is 8.45. The largest absolute Gasteiger partial charge is 0.309 e. The average molecular weight is 267 g/mol. The summed E-state index contributed by atoms with van der Waals surface area (Å²) in [6.07, 6.45) is 3.15. The van der Waals surface area contributed by atoms with Gasteiger partial charge in [-0.2, -0.15) is 0 Å². The highest BCUT2D eigenvalue weighted by molar-refractivity contribution is 7.11. The van der Waals surface area contributed by atoms with Crippen LogP contribution in [-0.4, -0.2) is 34.6 Å². The molecule has 0 spiro atoms. The maximum atomic E-state index is 4.56. The zero-order chi connectivity index (χ0) is 13.3. The molecule has 2 heterocycles. The highest BCUT2D eigenvalue weighted by Crippen LogP contribution is 2.30. The van der Waals surface area contributed by atoms with Gasteiger partial charge in [-0.1, -0.05) is 6.92 Å². The van der Waals surface area contributed by atoms with E-state index in [0.29, 0.717) is 12.1 Å². The monoisotopic (exact) mass is 267 g/mol. The fraction of sp³-hybridized carbons (Fsp3) is 0.786. The molecule has 0 bridgehead atoms. The maximum absolute atomic E-state index is 4.56. The van der Waals surface area contributed by atoms with Crippen LogP contribution in [0, 0.1) is 6.92 Å². The van der Waals surface area contributed by atoms with E-state index in [0.717, 1.165) is 13.1 Å². The third-order valence-electron chi connectivity index (χ3n) is 4.20. The van der Waals surface area contributed by atoms with E-state index in [-0.39, 0.29) is 5.54 Å². The van der Waals surface area contributed by atoms with Gasteiger partial charge >= 0.3 is 0 Å². The van der Waals surface area contributed by atoms with Crippen LogP contribution in [-0.2, 0) is 0 Å². The minimum atomic E-state index is 0.243.